The zero-order valence-corrected chi connectivity index (χ0v) is 15.9. The molecule has 156 valence electrons. The number of hydrogen-bond donors (Lipinski definition) is 1. The highest BCUT2D eigenvalue weighted by Gasteiger charge is 2.39. The fourth-order valence-corrected chi connectivity index (χ4v) is 3.51. The maximum Gasteiger partial charge on any atom is 0.490 e. The number of amides is 1. The van der Waals surface area contributed by atoms with Gasteiger partial charge in [0.05, 0.1) is 6.20 Å². The number of carboxylic acids is 1. The van der Waals surface area contributed by atoms with Crippen LogP contribution >= 0.6 is 0 Å². The molecule has 3 rings (SSSR count). The molecule has 1 aromatic rings. The third-order valence-corrected chi connectivity index (χ3v) is 4.85. The average Bonchev–Trinajstić information content (AvgIpc) is 3.05. The number of carboxylic acid groups (broad SMARTS) is 1. The molecule has 10 heteroatoms. The van der Waals surface area contributed by atoms with Crippen molar-refractivity contribution in [3.63, 3.8) is 0 Å². The normalized spacial score (nSPS) is 21.8. The number of hydrogen-bond acceptors (Lipinski definition) is 5. The van der Waals surface area contributed by atoms with Gasteiger partial charge in [0.2, 0.25) is 5.91 Å². The van der Waals surface area contributed by atoms with E-state index in [-0.39, 0.29) is 0 Å². The van der Waals surface area contributed by atoms with Crippen LogP contribution in [0.4, 0.5) is 19.0 Å². The van der Waals surface area contributed by atoms with Crippen LogP contribution in [0.1, 0.15) is 26.7 Å². The molecule has 0 aliphatic carbocycles. The number of aromatic nitrogens is 2. The predicted molar refractivity (Wildman–Crippen MR) is 95.6 cm³/mol. The number of aliphatic carboxylic acids is 1. The summed E-state index contributed by atoms with van der Waals surface area (Å²) in [4.78, 5) is 34.1. The Morgan fingerprint density at radius 1 is 1.21 bits per heavy atom. The third kappa shape index (κ3) is 6.07. The zero-order valence-electron chi connectivity index (χ0n) is 15.9. The molecule has 0 bridgehead atoms. The molecule has 0 spiro atoms. The number of carbonyl (C=O) groups excluding carboxylic acids is 1. The molecule has 2 aliphatic heterocycles. The second kappa shape index (κ2) is 9.20. The van der Waals surface area contributed by atoms with Crippen LogP contribution in [0.5, 0.6) is 0 Å². The summed E-state index contributed by atoms with van der Waals surface area (Å²) in [6, 6.07) is 0. The molecule has 2 atom stereocenters. The molecule has 1 amide bonds. The van der Waals surface area contributed by atoms with Crippen LogP contribution in [-0.4, -0.2) is 64.2 Å². The minimum Gasteiger partial charge on any atom is -0.475 e. The number of piperidine rings is 1. The summed E-state index contributed by atoms with van der Waals surface area (Å²) < 4.78 is 31.7. The number of likely N-dealkylation sites (tertiary alicyclic amines) is 1. The molecule has 1 N–H and O–H groups in total. The SMILES string of the molecule is CC(C)CC(=O)N1C[C@@H]2CCN(c3cnccn3)C[C@@H]2C1.O=C(O)C(F)(F)F. The van der Waals surface area contributed by atoms with Gasteiger partial charge >= 0.3 is 12.1 Å². The maximum absolute atomic E-state index is 12.2. The fourth-order valence-electron chi connectivity index (χ4n) is 3.51. The second-order valence-corrected chi connectivity index (χ2v) is 7.52. The van der Waals surface area contributed by atoms with Gasteiger partial charge in [0.15, 0.2) is 0 Å². The van der Waals surface area contributed by atoms with Crippen LogP contribution in [0.3, 0.4) is 0 Å². The van der Waals surface area contributed by atoms with Crippen LogP contribution < -0.4 is 4.90 Å². The molecule has 28 heavy (non-hydrogen) atoms. The monoisotopic (exact) mass is 402 g/mol. The van der Waals surface area contributed by atoms with Crippen molar-refractivity contribution < 1.29 is 27.9 Å². The van der Waals surface area contributed by atoms with Gasteiger partial charge in [0.1, 0.15) is 5.82 Å². The first-order chi connectivity index (χ1) is 13.1. The average molecular weight is 402 g/mol. The van der Waals surface area contributed by atoms with Crippen LogP contribution in [0.2, 0.25) is 0 Å². The van der Waals surface area contributed by atoms with Crippen LogP contribution in [-0.2, 0) is 9.59 Å². The summed E-state index contributed by atoms with van der Waals surface area (Å²) in [6.45, 7) is 8.09. The number of halogens is 3. The minimum absolute atomic E-state index is 0.324. The molecule has 0 saturated carbocycles. The number of nitrogens with zero attached hydrogens (tertiary/aromatic N) is 4. The Morgan fingerprint density at radius 2 is 1.86 bits per heavy atom. The lowest BCUT2D eigenvalue weighted by Crippen LogP contribution is -2.40. The van der Waals surface area contributed by atoms with Gasteiger partial charge in [-0.15, -0.1) is 0 Å². The Bertz CT molecular complexity index is 670. The van der Waals surface area contributed by atoms with E-state index in [0.717, 1.165) is 38.4 Å². The molecule has 0 aromatic carbocycles. The molecular formula is C18H25F3N4O3. The van der Waals surface area contributed by atoms with Gasteiger partial charge in [-0.1, -0.05) is 13.8 Å². The van der Waals surface area contributed by atoms with E-state index < -0.39 is 12.1 Å². The number of anilines is 1. The number of rotatable bonds is 3. The van der Waals surface area contributed by atoms with Crippen LogP contribution in [0.15, 0.2) is 18.6 Å². The summed E-state index contributed by atoms with van der Waals surface area (Å²) in [7, 11) is 0. The van der Waals surface area contributed by atoms with Gasteiger partial charge in [0.25, 0.3) is 0 Å². The highest BCUT2D eigenvalue weighted by Crippen LogP contribution is 2.33. The largest absolute Gasteiger partial charge is 0.490 e. The molecule has 2 aliphatic rings. The van der Waals surface area contributed by atoms with E-state index in [1.807, 2.05) is 6.20 Å². The third-order valence-electron chi connectivity index (χ3n) is 4.85. The number of fused-ring (bicyclic) bond motifs is 1. The number of alkyl halides is 3. The number of carbonyl (C=O) groups is 2. The van der Waals surface area contributed by atoms with Gasteiger partial charge in [0, 0.05) is 45.0 Å². The van der Waals surface area contributed by atoms with Gasteiger partial charge in [-0.2, -0.15) is 13.2 Å². The van der Waals surface area contributed by atoms with Crippen molar-refractivity contribution >= 4 is 17.7 Å². The lowest BCUT2D eigenvalue weighted by molar-refractivity contribution is -0.192. The Balaban J connectivity index is 0.000000345. The van der Waals surface area contributed by atoms with Gasteiger partial charge in [-0.05, 0) is 24.2 Å². The zero-order chi connectivity index (χ0) is 20.9. The molecule has 7 nitrogen and oxygen atoms in total. The molecule has 0 unspecified atom stereocenters. The predicted octanol–water partition coefficient (Wildman–Crippen LogP) is 2.44. The van der Waals surface area contributed by atoms with Gasteiger partial charge in [-0.25, -0.2) is 9.78 Å². The first-order valence-electron chi connectivity index (χ1n) is 9.16. The summed E-state index contributed by atoms with van der Waals surface area (Å²) in [5.74, 6) is 0.211. The van der Waals surface area contributed by atoms with Gasteiger partial charge in [-0.3, -0.25) is 9.78 Å². The highest BCUT2D eigenvalue weighted by molar-refractivity contribution is 5.76. The first-order valence-corrected chi connectivity index (χ1v) is 9.16. The van der Waals surface area contributed by atoms with E-state index in [4.69, 9.17) is 9.90 Å². The minimum atomic E-state index is -5.08. The van der Waals surface area contributed by atoms with Crippen molar-refractivity contribution in [3.05, 3.63) is 18.6 Å². The molecule has 3 heterocycles. The van der Waals surface area contributed by atoms with E-state index in [1.165, 1.54) is 0 Å². The molecule has 0 radical (unpaired) electrons. The van der Waals surface area contributed by atoms with Crippen LogP contribution in [0.25, 0.3) is 0 Å². The quantitative estimate of drug-likeness (QED) is 0.836. The Labute approximate surface area is 161 Å². The molecular weight excluding hydrogens is 377 g/mol. The highest BCUT2D eigenvalue weighted by atomic mass is 19.4. The maximum atomic E-state index is 12.2. The van der Waals surface area contributed by atoms with Crippen molar-refractivity contribution in [1.82, 2.24) is 14.9 Å². The van der Waals surface area contributed by atoms with E-state index in [9.17, 15) is 18.0 Å². The summed E-state index contributed by atoms with van der Waals surface area (Å²) in [6.07, 6.45) is 2.02. The van der Waals surface area contributed by atoms with Crippen molar-refractivity contribution in [2.24, 2.45) is 17.8 Å². The van der Waals surface area contributed by atoms with E-state index in [0.29, 0.717) is 30.1 Å². The van der Waals surface area contributed by atoms with Crippen molar-refractivity contribution in [2.75, 3.05) is 31.1 Å². The Hall–Kier alpha value is -2.39. The summed E-state index contributed by atoms with van der Waals surface area (Å²) in [5, 5.41) is 7.12. The van der Waals surface area contributed by atoms with E-state index in [2.05, 4.69) is 33.6 Å². The standard InChI is InChI=1S/C16H24N4O.C2HF3O2/c1-12(2)7-16(21)20-9-13-3-6-19(10-14(13)11-20)15-8-17-4-5-18-15;3-2(4,5)1(6)7/h4-5,8,12-14H,3,6-7,9-11H2,1-2H3;(H,6,7)/t13-,14+;/m0./s1. The summed E-state index contributed by atoms with van der Waals surface area (Å²) >= 11 is 0. The van der Waals surface area contributed by atoms with Gasteiger partial charge < -0.3 is 14.9 Å². The molecule has 2 saturated heterocycles. The Kier molecular flexibility index (Phi) is 7.20. The van der Waals surface area contributed by atoms with Crippen LogP contribution in [0, 0.1) is 17.8 Å². The van der Waals surface area contributed by atoms with E-state index in [1.54, 1.807) is 12.4 Å². The topological polar surface area (TPSA) is 86.6 Å². The van der Waals surface area contributed by atoms with Crippen molar-refractivity contribution in [2.45, 2.75) is 32.9 Å². The fraction of sp³-hybridized carbons (Fsp3) is 0.667. The van der Waals surface area contributed by atoms with Crippen molar-refractivity contribution in [3.8, 4) is 0 Å². The van der Waals surface area contributed by atoms with Crippen molar-refractivity contribution in [1.29, 1.82) is 0 Å². The van der Waals surface area contributed by atoms with E-state index >= 15 is 0 Å². The lowest BCUT2D eigenvalue weighted by atomic mass is 9.89. The summed E-state index contributed by atoms with van der Waals surface area (Å²) in [5.41, 5.74) is 0. The smallest absolute Gasteiger partial charge is 0.475 e. The molecule has 1 aromatic heterocycles. The second-order valence-electron chi connectivity index (χ2n) is 7.52. The Morgan fingerprint density at radius 3 is 2.39 bits per heavy atom. The molecule has 2 fully saturated rings. The first kappa shape index (κ1) is 21.9. The lowest BCUT2D eigenvalue weighted by Gasteiger charge is -2.34.